The SMILES string of the molecule is C=C(C(N)=O)C(CCC)OC. The molecule has 0 saturated heterocycles. The molecule has 64 valence electrons. The zero-order valence-corrected chi connectivity index (χ0v) is 7.09. The smallest absolute Gasteiger partial charge is 0.246 e. The summed E-state index contributed by atoms with van der Waals surface area (Å²) in [6.07, 6.45) is 1.53. The second-order valence-electron chi connectivity index (χ2n) is 2.40. The molecular formula is C8H15NO2. The van der Waals surface area contributed by atoms with Gasteiger partial charge in [-0.3, -0.25) is 4.79 Å². The number of rotatable bonds is 5. The first-order chi connectivity index (χ1) is 5.13. The van der Waals surface area contributed by atoms with Gasteiger partial charge >= 0.3 is 0 Å². The standard InChI is InChI=1S/C8H15NO2/c1-4-5-7(11-3)6(2)8(9)10/h7H,2,4-5H2,1,3H3,(H2,9,10). The van der Waals surface area contributed by atoms with Crippen molar-refractivity contribution in [3.63, 3.8) is 0 Å². The minimum atomic E-state index is -0.481. The van der Waals surface area contributed by atoms with Gasteiger partial charge in [0.05, 0.1) is 6.10 Å². The van der Waals surface area contributed by atoms with E-state index in [-0.39, 0.29) is 6.10 Å². The average Bonchev–Trinajstić information content (AvgIpc) is 1.98. The molecule has 1 unspecified atom stereocenters. The van der Waals surface area contributed by atoms with E-state index in [1.807, 2.05) is 6.92 Å². The number of hydrogen-bond donors (Lipinski definition) is 1. The van der Waals surface area contributed by atoms with E-state index in [9.17, 15) is 4.79 Å². The Hall–Kier alpha value is -0.830. The van der Waals surface area contributed by atoms with Crippen molar-refractivity contribution in [2.24, 2.45) is 5.73 Å². The van der Waals surface area contributed by atoms with Crippen molar-refractivity contribution in [2.45, 2.75) is 25.9 Å². The molecule has 0 aromatic heterocycles. The largest absolute Gasteiger partial charge is 0.377 e. The first-order valence-electron chi connectivity index (χ1n) is 3.64. The first-order valence-corrected chi connectivity index (χ1v) is 3.64. The van der Waals surface area contributed by atoms with E-state index in [4.69, 9.17) is 10.5 Å². The predicted molar refractivity (Wildman–Crippen MR) is 44.0 cm³/mol. The van der Waals surface area contributed by atoms with E-state index in [1.54, 1.807) is 7.11 Å². The van der Waals surface area contributed by atoms with Crippen molar-refractivity contribution >= 4 is 5.91 Å². The molecule has 0 aliphatic heterocycles. The number of carbonyl (C=O) groups excluding carboxylic acids is 1. The molecular weight excluding hydrogens is 142 g/mol. The minimum absolute atomic E-state index is 0.211. The summed E-state index contributed by atoms with van der Waals surface area (Å²) in [5.74, 6) is -0.481. The van der Waals surface area contributed by atoms with Crippen molar-refractivity contribution in [3.05, 3.63) is 12.2 Å². The Balaban J connectivity index is 4.02. The van der Waals surface area contributed by atoms with Crippen LogP contribution in [0.15, 0.2) is 12.2 Å². The summed E-state index contributed by atoms with van der Waals surface area (Å²) in [7, 11) is 1.55. The Morgan fingerprint density at radius 1 is 1.73 bits per heavy atom. The van der Waals surface area contributed by atoms with Gasteiger partial charge in [-0.25, -0.2) is 0 Å². The molecule has 0 rings (SSSR count). The first kappa shape index (κ1) is 10.2. The number of nitrogens with two attached hydrogens (primary N) is 1. The lowest BCUT2D eigenvalue weighted by molar-refractivity contribution is -0.115. The third kappa shape index (κ3) is 3.18. The van der Waals surface area contributed by atoms with Crippen molar-refractivity contribution in [3.8, 4) is 0 Å². The van der Waals surface area contributed by atoms with Gasteiger partial charge in [0, 0.05) is 12.7 Å². The van der Waals surface area contributed by atoms with E-state index in [2.05, 4.69) is 6.58 Å². The summed E-state index contributed by atoms with van der Waals surface area (Å²) in [5, 5.41) is 0. The summed E-state index contributed by atoms with van der Waals surface area (Å²) in [4.78, 5) is 10.6. The third-order valence-electron chi connectivity index (χ3n) is 1.54. The van der Waals surface area contributed by atoms with Crippen LogP contribution in [0, 0.1) is 0 Å². The van der Waals surface area contributed by atoms with Gasteiger partial charge in [0.25, 0.3) is 0 Å². The van der Waals surface area contributed by atoms with Gasteiger partial charge in [0.15, 0.2) is 0 Å². The topological polar surface area (TPSA) is 52.3 Å². The van der Waals surface area contributed by atoms with E-state index < -0.39 is 5.91 Å². The Bertz CT molecular complexity index is 154. The molecule has 0 radical (unpaired) electrons. The van der Waals surface area contributed by atoms with Crippen molar-refractivity contribution in [1.29, 1.82) is 0 Å². The number of methoxy groups -OCH3 is 1. The second-order valence-corrected chi connectivity index (χ2v) is 2.40. The summed E-state index contributed by atoms with van der Waals surface area (Å²) in [5.41, 5.74) is 5.38. The zero-order valence-electron chi connectivity index (χ0n) is 7.09. The molecule has 0 saturated carbocycles. The second kappa shape index (κ2) is 4.91. The number of hydrogen-bond acceptors (Lipinski definition) is 2. The van der Waals surface area contributed by atoms with Crippen LogP contribution < -0.4 is 5.73 Å². The highest BCUT2D eigenvalue weighted by Gasteiger charge is 2.14. The summed E-state index contributed by atoms with van der Waals surface area (Å²) in [6, 6.07) is 0. The number of ether oxygens (including phenoxy) is 1. The van der Waals surface area contributed by atoms with Crippen molar-refractivity contribution < 1.29 is 9.53 Å². The number of carbonyl (C=O) groups is 1. The highest BCUT2D eigenvalue weighted by molar-refractivity contribution is 5.92. The van der Waals surface area contributed by atoms with Crippen LogP contribution in [0.1, 0.15) is 19.8 Å². The van der Waals surface area contributed by atoms with E-state index >= 15 is 0 Å². The van der Waals surface area contributed by atoms with E-state index in [1.165, 1.54) is 0 Å². The van der Waals surface area contributed by atoms with Crippen LogP contribution in [0.3, 0.4) is 0 Å². The van der Waals surface area contributed by atoms with Crippen LogP contribution in [0.25, 0.3) is 0 Å². The van der Waals surface area contributed by atoms with Crippen LogP contribution in [-0.2, 0) is 9.53 Å². The highest BCUT2D eigenvalue weighted by Crippen LogP contribution is 2.09. The average molecular weight is 157 g/mol. The normalized spacial score (nSPS) is 12.5. The summed E-state index contributed by atoms with van der Waals surface area (Å²) >= 11 is 0. The highest BCUT2D eigenvalue weighted by atomic mass is 16.5. The number of amides is 1. The van der Waals surface area contributed by atoms with Crippen molar-refractivity contribution in [2.75, 3.05) is 7.11 Å². The maximum Gasteiger partial charge on any atom is 0.246 e. The van der Waals surface area contributed by atoms with Gasteiger partial charge in [-0.2, -0.15) is 0 Å². The molecule has 0 fully saturated rings. The van der Waals surface area contributed by atoms with Gasteiger partial charge in [-0.05, 0) is 6.42 Å². The van der Waals surface area contributed by atoms with Gasteiger partial charge in [-0.15, -0.1) is 0 Å². The molecule has 1 amide bonds. The lowest BCUT2D eigenvalue weighted by Gasteiger charge is -2.13. The Morgan fingerprint density at radius 2 is 2.27 bits per heavy atom. The Labute approximate surface area is 67.2 Å². The van der Waals surface area contributed by atoms with Crippen LogP contribution in [0.5, 0.6) is 0 Å². The molecule has 0 aliphatic rings. The predicted octanol–water partition coefficient (Wildman–Crippen LogP) is 0.843. The lowest BCUT2D eigenvalue weighted by atomic mass is 10.1. The molecule has 3 nitrogen and oxygen atoms in total. The van der Waals surface area contributed by atoms with Gasteiger partial charge < -0.3 is 10.5 Å². The molecule has 0 spiro atoms. The van der Waals surface area contributed by atoms with Crippen LogP contribution in [-0.4, -0.2) is 19.1 Å². The van der Waals surface area contributed by atoms with E-state index in [0.717, 1.165) is 12.8 Å². The molecule has 11 heavy (non-hydrogen) atoms. The molecule has 0 bridgehead atoms. The number of primary amides is 1. The Kier molecular flexibility index (Phi) is 4.54. The minimum Gasteiger partial charge on any atom is -0.377 e. The van der Waals surface area contributed by atoms with Crippen LogP contribution in [0.2, 0.25) is 0 Å². The lowest BCUT2D eigenvalue weighted by Crippen LogP contribution is -2.24. The fraction of sp³-hybridized carbons (Fsp3) is 0.625. The molecule has 1 atom stereocenters. The fourth-order valence-corrected chi connectivity index (χ4v) is 0.855. The Morgan fingerprint density at radius 3 is 2.55 bits per heavy atom. The van der Waals surface area contributed by atoms with E-state index in [0.29, 0.717) is 5.57 Å². The molecule has 0 aromatic rings. The molecule has 0 aromatic carbocycles. The van der Waals surface area contributed by atoms with Crippen molar-refractivity contribution in [1.82, 2.24) is 0 Å². The molecule has 3 heteroatoms. The molecule has 0 heterocycles. The molecule has 2 N–H and O–H groups in total. The zero-order chi connectivity index (χ0) is 8.85. The van der Waals surface area contributed by atoms with Gasteiger partial charge in [0.2, 0.25) is 5.91 Å². The maximum atomic E-state index is 10.6. The maximum absolute atomic E-state index is 10.6. The summed E-state index contributed by atoms with van der Waals surface area (Å²) < 4.78 is 5.01. The van der Waals surface area contributed by atoms with Crippen LogP contribution >= 0.6 is 0 Å². The fourth-order valence-electron chi connectivity index (χ4n) is 0.855. The summed E-state index contributed by atoms with van der Waals surface area (Å²) in [6.45, 7) is 5.56. The third-order valence-corrected chi connectivity index (χ3v) is 1.54. The monoisotopic (exact) mass is 157 g/mol. The molecule has 0 aliphatic carbocycles. The van der Waals surface area contributed by atoms with Gasteiger partial charge in [-0.1, -0.05) is 19.9 Å². The van der Waals surface area contributed by atoms with Crippen LogP contribution in [0.4, 0.5) is 0 Å². The van der Waals surface area contributed by atoms with Gasteiger partial charge in [0.1, 0.15) is 0 Å². The quantitative estimate of drug-likeness (QED) is 0.601.